The highest BCUT2D eigenvalue weighted by Gasteiger charge is 2.16. The number of nitrogens with zero attached hydrogens (tertiary/aromatic N) is 3. The van der Waals surface area contributed by atoms with E-state index in [1.807, 2.05) is 54.9 Å². The molecular formula is C20H16N4O2. The summed E-state index contributed by atoms with van der Waals surface area (Å²) in [5.41, 5.74) is 3.95. The fourth-order valence-electron chi connectivity index (χ4n) is 3.02. The van der Waals surface area contributed by atoms with Crippen molar-refractivity contribution in [3.8, 4) is 22.6 Å². The number of nitrogens with one attached hydrogen (secondary N) is 1. The highest BCUT2D eigenvalue weighted by molar-refractivity contribution is 5.79. The molecule has 0 spiro atoms. The van der Waals surface area contributed by atoms with Crippen LogP contribution >= 0.6 is 0 Å². The summed E-state index contributed by atoms with van der Waals surface area (Å²) < 4.78 is 12.6. The van der Waals surface area contributed by atoms with Crippen molar-refractivity contribution < 1.29 is 9.47 Å². The van der Waals surface area contributed by atoms with E-state index in [0.29, 0.717) is 0 Å². The minimum Gasteiger partial charge on any atom is -0.454 e. The lowest BCUT2D eigenvalue weighted by Crippen LogP contribution is -2.02. The van der Waals surface area contributed by atoms with Crippen molar-refractivity contribution >= 4 is 11.5 Å². The summed E-state index contributed by atoms with van der Waals surface area (Å²) in [6.07, 6.45) is 3.73. The van der Waals surface area contributed by atoms with Gasteiger partial charge in [-0.05, 0) is 29.3 Å². The fraction of sp³-hybridized carbons (Fsp3) is 0.100. The van der Waals surface area contributed by atoms with Crippen molar-refractivity contribution in [1.29, 1.82) is 0 Å². The largest absolute Gasteiger partial charge is 0.454 e. The first kappa shape index (κ1) is 14.8. The number of hydrogen-bond donors (Lipinski definition) is 1. The number of benzene rings is 2. The Morgan fingerprint density at radius 2 is 1.88 bits per heavy atom. The molecule has 0 saturated carbocycles. The fourth-order valence-corrected chi connectivity index (χ4v) is 3.02. The first-order valence-corrected chi connectivity index (χ1v) is 8.39. The van der Waals surface area contributed by atoms with Gasteiger partial charge in [-0.25, -0.2) is 9.50 Å². The zero-order chi connectivity index (χ0) is 17.3. The van der Waals surface area contributed by atoms with Gasteiger partial charge >= 0.3 is 0 Å². The lowest BCUT2D eigenvalue weighted by molar-refractivity contribution is 0.174. The Labute approximate surface area is 150 Å². The molecule has 3 heterocycles. The van der Waals surface area contributed by atoms with Crippen LogP contribution in [0.3, 0.4) is 0 Å². The average molecular weight is 344 g/mol. The van der Waals surface area contributed by atoms with E-state index in [-0.39, 0.29) is 6.79 Å². The average Bonchev–Trinajstić information content (AvgIpc) is 3.33. The maximum absolute atomic E-state index is 5.48. The SMILES string of the molecule is c1ccc(CNc2ccn3ncc(-c4ccc5c(c4)OCO5)c3n2)cc1. The highest BCUT2D eigenvalue weighted by atomic mass is 16.7. The standard InChI is InChI=1S/C20H16N4O2/c1-2-4-14(5-3-1)11-21-19-8-9-24-20(23-19)16(12-22-24)15-6-7-17-18(10-15)26-13-25-17/h1-10,12H,11,13H2,(H,21,23). The summed E-state index contributed by atoms with van der Waals surface area (Å²) >= 11 is 0. The third-order valence-electron chi connectivity index (χ3n) is 4.37. The van der Waals surface area contributed by atoms with Gasteiger partial charge in [-0.3, -0.25) is 0 Å². The van der Waals surface area contributed by atoms with Crippen LogP contribution in [0.1, 0.15) is 5.56 Å². The zero-order valence-electron chi connectivity index (χ0n) is 13.9. The predicted octanol–water partition coefficient (Wildman–Crippen LogP) is 3.74. The quantitative estimate of drug-likeness (QED) is 0.611. The number of aromatic nitrogens is 3. The molecule has 6 heteroatoms. The molecule has 0 amide bonds. The van der Waals surface area contributed by atoms with Crippen LogP contribution in [0.25, 0.3) is 16.8 Å². The van der Waals surface area contributed by atoms with Gasteiger partial charge < -0.3 is 14.8 Å². The second-order valence-electron chi connectivity index (χ2n) is 6.05. The van der Waals surface area contributed by atoms with Gasteiger partial charge in [0.05, 0.1) is 6.20 Å². The number of fused-ring (bicyclic) bond motifs is 2. The van der Waals surface area contributed by atoms with Crippen LogP contribution in [0.5, 0.6) is 11.5 Å². The van der Waals surface area contributed by atoms with Gasteiger partial charge in [-0.2, -0.15) is 5.10 Å². The van der Waals surface area contributed by atoms with Crippen LogP contribution in [0.15, 0.2) is 67.0 Å². The first-order valence-electron chi connectivity index (χ1n) is 8.39. The van der Waals surface area contributed by atoms with E-state index in [4.69, 9.17) is 14.5 Å². The lowest BCUT2D eigenvalue weighted by atomic mass is 10.1. The summed E-state index contributed by atoms with van der Waals surface area (Å²) in [7, 11) is 0. The van der Waals surface area contributed by atoms with Crippen LogP contribution in [0, 0.1) is 0 Å². The van der Waals surface area contributed by atoms with Gasteiger partial charge in [0.15, 0.2) is 17.1 Å². The molecular weight excluding hydrogens is 328 g/mol. The van der Waals surface area contributed by atoms with Crippen molar-refractivity contribution in [1.82, 2.24) is 14.6 Å². The Kier molecular flexibility index (Phi) is 3.45. The zero-order valence-corrected chi connectivity index (χ0v) is 13.9. The second-order valence-corrected chi connectivity index (χ2v) is 6.05. The molecule has 4 aromatic rings. The smallest absolute Gasteiger partial charge is 0.231 e. The number of hydrogen-bond acceptors (Lipinski definition) is 5. The second kappa shape index (κ2) is 6.07. The Morgan fingerprint density at radius 3 is 2.81 bits per heavy atom. The summed E-state index contributed by atoms with van der Waals surface area (Å²) in [6, 6.07) is 18.0. The topological polar surface area (TPSA) is 60.7 Å². The van der Waals surface area contributed by atoms with E-state index in [1.165, 1.54) is 5.56 Å². The van der Waals surface area contributed by atoms with Crippen LogP contribution in [0.2, 0.25) is 0 Å². The Balaban J connectivity index is 1.47. The van der Waals surface area contributed by atoms with Gasteiger partial charge in [-0.15, -0.1) is 0 Å². The maximum Gasteiger partial charge on any atom is 0.231 e. The van der Waals surface area contributed by atoms with Crippen molar-refractivity contribution in [2.24, 2.45) is 0 Å². The van der Waals surface area contributed by atoms with Crippen LogP contribution in [0.4, 0.5) is 5.82 Å². The third kappa shape index (κ3) is 2.61. The van der Waals surface area contributed by atoms with Gasteiger partial charge in [0, 0.05) is 18.3 Å². The Hall–Kier alpha value is -3.54. The van der Waals surface area contributed by atoms with E-state index < -0.39 is 0 Å². The molecule has 1 aliphatic rings. The van der Waals surface area contributed by atoms with Crippen LogP contribution in [-0.2, 0) is 6.54 Å². The normalized spacial score (nSPS) is 12.5. The van der Waals surface area contributed by atoms with Gasteiger partial charge in [-0.1, -0.05) is 36.4 Å². The summed E-state index contributed by atoms with van der Waals surface area (Å²) in [6.45, 7) is 0.983. The Bertz CT molecular complexity index is 1080. The van der Waals surface area contributed by atoms with Crippen molar-refractivity contribution in [2.45, 2.75) is 6.54 Å². The Morgan fingerprint density at radius 1 is 1.00 bits per heavy atom. The van der Waals surface area contributed by atoms with Gasteiger partial charge in [0.1, 0.15) is 5.82 Å². The molecule has 0 bridgehead atoms. The number of anilines is 1. The van der Waals surface area contributed by atoms with E-state index in [1.54, 1.807) is 4.52 Å². The molecule has 1 aliphatic heterocycles. The monoisotopic (exact) mass is 344 g/mol. The summed E-state index contributed by atoms with van der Waals surface area (Å²) in [5.74, 6) is 2.33. The van der Waals surface area contributed by atoms with E-state index in [9.17, 15) is 0 Å². The minimum atomic E-state index is 0.263. The highest BCUT2D eigenvalue weighted by Crippen LogP contribution is 2.36. The molecule has 128 valence electrons. The molecule has 0 aliphatic carbocycles. The van der Waals surface area contributed by atoms with Crippen molar-refractivity contribution in [2.75, 3.05) is 12.1 Å². The molecule has 0 unspecified atom stereocenters. The van der Waals surface area contributed by atoms with Crippen molar-refractivity contribution in [3.63, 3.8) is 0 Å². The molecule has 0 radical (unpaired) electrons. The molecule has 0 atom stereocenters. The van der Waals surface area contributed by atoms with Gasteiger partial charge in [0.2, 0.25) is 6.79 Å². The lowest BCUT2D eigenvalue weighted by Gasteiger charge is -2.07. The molecule has 6 nitrogen and oxygen atoms in total. The molecule has 0 fully saturated rings. The van der Waals surface area contributed by atoms with Crippen LogP contribution in [-0.4, -0.2) is 21.4 Å². The summed E-state index contributed by atoms with van der Waals surface area (Å²) in [5, 5.41) is 7.77. The predicted molar refractivity (Wildman–Crippen MR) is 98.3 cm³/mol. The molecule has 2 aromatic heterocycles. The van der Waals surface area contributed by atoms with E-state index >= 15 is 0 Å². The molecule has 1 N–H and O–H groups in total. The molecule has 5 rings (SSSR count). The third-order valence-corrected chi connectivity index (χ3v) is 4.37. The first-order chi connectivity index (χ1) is 12.9. The summed E-state index contributed by atoms with van der Waals surface area (Å²) in [4.78, 5) is 4.74. The molecule has 0 saturated heterocycles. The van der Waals surface area contributed by atoms with Crippen LogP contribution < -0.4 is 14.8 Å². The minimum absolute atomic E-state index is 0.263. The number of ether oxygens (including phenoxy) is 2. The molecule has 26 heavy (non-hydrogen) atoms. The van der Waals surface area contributed by atoms with E-state index in [2.05, 4.69) is 22.5 Å². The molecule has 2 aromatic carbocycles. The van der Waals surface area contributed by atoms with Crippen molar-refractivity contribution in [3.05, 3.63) is 72.6 Å². The number of rotatable bonds is 4. The van der Waals surface area contributed by atoms with Gasteiger partial charge in [0.25, 0.3) is 0 Å². The maximum atomic E-state index is 5.48. The van der Waals surface area contributed by atoms with E-state index in [0.717, 1.165) is 40.6 Å².